The third kappa shape index (κ3) is 2.85. The number of phenolic OH excluding ortho intramolecular Hbond substituents is 1. The van der Waals surface area contributed by atoms with Crippen LogP contribution in [0.15, 0.2) is 77.3 Å². The molecule has 0 radical (unpaired) electrons. The van der Waals surface area contributed by atoms with E-state index in [1.807, 2.05) is 48.5 Å². The second-order valence-corrected chi connectivity index (χ2v) is 6.15. The molecule has 0 unspecified atom stereocenters. The fraction of sp³-hybridized carbons (Fsp3) is 0. The van der Waals surface area contributed by atoms with Gasteiger partial charge in [-0.3, -0.25) is 0 Å². The lowest BCUT2D eigenvalue weighted by atomic mass is 9.96. The van der Waals surface area contributed by atoms with E-state index in [2.05, 4.69) is 5.16 Å². The van der Waals surface area contributed by atoms with Gasteiger partial charge in [0.05, 0.1) is 16.1 Å². The molecular formula is C21H13ClFNO2. The van der Waals surface area contributed by atoms with Crippen LogP contribution in [0.5, 0.6) is 5.75 Å². The number of aromatic hydroxyl groups is 1. The predicted octanol–water partition coefficient (Wildman–Crippen LogP) is 6.17. The molecule has 3 nitrogen and oxygen atoms in total. The molecule has 1 aromatic heterocycles. The van der Waals surface area contributed by atoms with Crippen LogP contribution in [0.1, 0.15) is 0 Å². The summed E-state index contributed by atoms with van der Waals surface area (Å²) in [6.45, 7) is 0. The summed E-state index contributed by atoms with van der Waals surface area (Å²) in [7, 11) is 0. The summed E-state index contributed by atoms with van der Waals surface area (Å²) in [6, 6.07) is 20.7. The molecule has 0 aliphatic heterocycles. The van der Waals surface area contributed by atoms with E-state index < -0.39 is 5.82 Å². The number of rotatable bonds is 3. The first-order chi connectivity index (χ1) is 12.6. The van der Waals surface area contributed by atoms with E-state index in [1.165, 1.54) is 12.1 Å². The van der Waals surface area contributed by atoms with Gasteiger partial charge in [0.2, 0.25) is 0 Å². The molecule has 3 aromatic carbocycles. The largest absolute Gasteiger partial charge is 0.508 e. The highest BCUT2D eigenvalue weighted by Gasteiger charge is 2.23. The monoisotopic (exact) mass is 365 g/mol. The van der Waals surface area contributed by atoms with Crippen LogP contribution in [0.4, 0.5) is 4.39 Å². The molecular weight excluding hydrogens is 353 g/mol. The molecule has 0 amide bonds. The molecule has 0 atom stereocenters. The van der Waals surface area contributed by atoms with Gasteiger partial charge in [-0.15, -0.1) is 0 Å². The summed E-state index contributed by atoms with van der Waals surface area (Å²) in [5.41, 5.74) is 2.91. The molecule has 0 aliphatic rings. The smallest absolute Gasteiger partial charge is 0.178 e. The summed E-state index contributed by atoms with van der Waals surface area (Å²) in [6.07, 6.45) is 0. The lowest BCUT2D eigenvalue weighted by Crippen LogP contribution is -1.88. The van der Waals surface area contributed by atoms with Gasteiger partial charge >= 0.3 is 0 Å². The fourth-order valence-corrected chi connectivity index (χ4v) is 3.10. The van der Waals surface area contributed by atoms with E-state index in [4.69, 9.17) is 16.1 Å². The van der Waals surface area contributed by atoms with Crippen LogP contribution in [-0.2, 0) is 0 Å². The quantitative estimate of drug-likeness (QED) is 0.472. The lowest BCUT2D eigenvalue weighted by molar-refractivity contribution is 0.431. The van der Waals surface area contributed by atoms with E-state index >= 15 is 0 Å². The number of phenols is 1. The predicted molar refractivity (Wildman–Crippen MR) is 99.4 cm³/mol. The van der Waals surface area contributed by atoms with Crippen molar-refractivity contribution in [2.45, 2.75) is 0 Å². The third-order valence-electron chi connectivity index (χ3n) is 4.08. The number of hydrogen-bond acceptors (Lipinski definition) is 3. The number of halogens is 2. The average molecular weight is 366 g/mol. The molecule has 0 saturated carbocycles. The Hall–Kier alpha value is -3.11. The van der Waals surface area contributed by atoms with Gasteiger partial charge in [0, 0.05) is 11.6 Å². The highest BCUT2D eigenvalue weighted by atomic mass is 35.5. The topological polar surface area (TPSA) is 46.3 Å². The van der Waals surface area contributed by atoms with Gasteiger partial charge in [0.1, 0.15) is 17.3 Å². The number of aromatic nitrogens is 1. The Morgan fingerprint density at radius 2 is 1.62 bits per heavy atom. The first kappa shape index (κ1) is 16.4. The second-order valence-electron chi connectivity index (χ2n) is 5.75. The molecule has 5 heteroatoms. The minimum atomic E-state index is -0.593. The van der Waals surface area contributed by atoms with Crippen molar-refractivity contribution in [3.63, 3.8) is 0 Å². The van der Waals surface area contributed by atoms with E-state index in [0.717, 1.165) is 11.6 Å². The minimum absolute atomic E-state index is 0.154. The van der Waals surface area contributed by atoms with Gasteiger partial charge in [-0.1, -0.05) is 65.3 Å². The van der Waals surface area contributed by atoms with E-state index in [0.29, 0.717) is 21.8 Å². The van der Waals surface area contributed by atoms with Crippen LogP contribution >= 0.6 is 11.6 Å². The maximum Gasteiger partial charge on any atom is 0.178 e. The van der Waals surface area contributed by atoms with Gasteiger partial charge in [-0.2, -0.15) is 0 Å². The first-order valence-electron chi connectivity index (χ1n) is 7.94. The minimum Gasteiger partial charge on any atom is -0.508 e. The van der Waals surface area contributed by atoms with Crippen LogP contribution < -0.4 is 0 Å². The van der Waals surface area contributed by atoms with Crippen LogP contribution in [0.25, 0.3) is 33.7 Å². The SMILES string of the molecule is Oc1ccc(-c2onc(-c3ccccc3Cl)c2-c2ccccc2)c(F)c1. The van der Waals surface area contributed by atoms with Crippen molar-refractivity contribution in [1.82, 2.24) is 5.16 Å². The Labute approximate surface area is 154 Å². The number of benzene rings is 3. The standard InChI is InChI=1S/C21H13ClFNO2/c22-17-9-5-4-8-15(17)20-19(13-6-2-1-3-7-13)21(26-24-20)16-11-10-14(25)12-18(16)23/h1-12,25H. The summed E-state index contributed by atoms with van der Waals surface area (Å²) < 4.78 is 20.0. The summed E-state index contributed by atoms with van der Waals surface area (Å²) in [5, 5.41) is 14.2. The van der Waals surface area contributed by atoms with Gasteiger partial charge in [-0.25, -0.2) is 4.39 Å². The summed E-state index contributed by atoms with van der Waals surface area (Å²) in [5.74, 6) is -0.467. The molecule has 0 spiro atoms. The lowest BCUT2D eigenvalue weighted by Gasteiger charge is -2.07. The Bertz CT molecular complexity index is 1080. The van der Waals surface area contributed by atoms with Crippen molar-refractivity contribution in [3.05, 3.63) is 83.6 Å². The molecule has 0 bridgehead atoms. The van der Waals surface area contributed by atoms with Crippen LogP contribution in [-0.4, -0.2) is 10.3 Å². The van der Waals surface area contributed by atoms with Gasteiger partial charge < -0.3 is 9.63 Å². The molecule has 4 aromatic rings. The Kier molecular flexibility index (Phi) is 4.19. The zero-order valence-corrected chi connectivity index (χ0v) is 14.2. The first-order valence-corrected chi connectivity index (χ1v) is 8.32. The van der Waals surface area contributed by atoms with Crippen molar-refractivity contribution in [2.24, 2.45) is 0 Å². The molecule has 4 rings (SSSR count). The van der Waals surface area contributed by atoms with Crippen LogP contribution in [0.3, 0.4) is 0 Å². The van der Waals surface area contributed by atoms with Gasteiger partial charge in [-0.05, 0) is 23.8 Å². The highest BCUT2D eigenvalue weighted by Crippen LogP contribution is 2.42. The number of nitrogens with zero attached hydrogens (tertiary/aromatic N) is 1. The Balaban J connectivity index is 2.01. The molecule has 0 saturated heterocycles. The van der Waals surface area contributed by atoms with Gasteiger partial charge in [0.15, 0.2) is 5.76 Å². The van der Waals surface area contributed by atoms with E-state index in [9.17, 15) is 9.50 Å². The Morgan fingerprint density at radius 3 is 2.35 bits per heavy atom. The zero-order valence-electron chi connectivity index (χ0n) is 13.5. The van der Waals surface area contributed by atoms with Gasteiger partial charge in [0.25, 0.3) is 0 Å². The van der Waals surface area contributed by atoms with Crippen molar-refractivity contribution in [2.75, 3.05) is 0 Å². The maximum absolute atomic E-state index is 14.4. The normalized spacial score (nSPS) is 10.8. The molecule has 0 fully saturated rings. The van der Waals surface area contributed by atoms with E-state index in [-0.39, 0.29) is 17.1 Å². The van der Waals surface area contributed by atoms with Crippen molar-refractivity contribution in [1.29, 1.82) is 0 Å². The molecule has 1 heterocycles. The maximum atomic E-state index is 14.4. The third-order valence-corrected chi connectivity index (χ3v) is 4.41. The molecule has 128 valence electrons. The molecule has 0 aliphatic carbocycles. The average Bonchev–Trinajstić information content (AvgIpc) is 3.07. The second kappa shape index (κ2) is 6.65. The van der Waals surface area contributed by atoms with Crippen LogP contribution in [0, 0.1) is 5.82 Å². The van der Waals surface area contributed by atoms with Crippen molar-refractivity contribution in [3.8, 4) is 39.5 Å². The molecule has 26 heavy (non-hydrogen) atoms. The van der Waals surface area contributed by atoms with E-state index in [1.54, 1.807) is 6.07 Å². The highest BCUT2D eigenvalue weighted by molar-refractivity contribution is 6.33. The van der Waals surface area contributed by atoms with Crippen molar-refractivity contribution >= 4 is 11.6 Å². The zero-order chi connectivity index (χ0) is 18.1. The fourth-order valence-electron chi connectivity index (χ4n) is 2.87. The van der Waals surface area contributed by atoms with Crippen molar-refractivity contribution < 1.29 is 14.0 Å². The summed E-state index contributed by atoms with van der Waals surface area (Å²) in [4.78, 5) is 0. The number of hydrogen-bond donors (Lipinski definition) is 1. The Morgan fingerprint density at radius 1 is 0.885 bits per heavy atom. The van der Waals surface area contributed by atoms with Crippen LogP contribution in [0.2, 0.25) is 5.02 Å². The molecule has 1 N–H and O–H groups in total. The summed E-state index contributed by atoms with van der Waals surface area (Å²) >= 11 is 6.34.